The lowest BCUT2D eigenvalue weighted by molar-refractivity contribution is 0.0988. The van der Waals surface area contributed by atoms with Crippen molar-refractivity contribution in [1.82, 2.24) is 9.62 Å². The Morgan fingerprint density at radius 1 is 1.35 bits per heavy atom. The standard InChI is InChI=1S/C14H22N2O3S/c1-5-14(17)12-7-6-8-13(9-12)20(18,19)15-10-11(2)16(3)4/h6-9,11,15H,5,10H2,1-4H3. The summed E-state index contributed by atoms with van der Waals surface area (Å²) >= 11 is 0. The Bertz CT molecular complexity index is 568. The SMILES string of the molecule is CCC(=O)c1cccc(S(=O)(=O)NCC(C)N(C)C)c1. The molecule has 0 fully saturated rings. The molecule has 0 aliphatic rings. The fraction of sp³-hybridized carbons (Fsp3) is 0.500. The van der Waals surface area contributed by atoms with Gasteiger partial charge in [-0.3, -0.25) is 4.79 Å². The van der Waals surface area contributed by atoms with Crippen LogP contribution in [-0.4, -0.2) is 45.8 Å². The molecule has 0 aromatic heterocycles. The van der Waals surface area contributed by atoms with Crippen LogP contribution in [0.15, 0.2) is 29.2 Å². The quantitative estimate of drug-likeness (QED) is 0.775. The lowest BCUT2D eigenvalue weighted by Crippen LogP contribution is -2.38. The first-order valence-corrected chi connectivity index (χ1v) is 8.05. The van der Waals surface area contributed by atoms with Gasteiger partial charge in [-0.25, -0.2) is 13.1 Å². The number of likely N-dealkylation sites (N-methyl/N-ethyl adjacent to an activating group) is 1. The molecule has 5 nitrogen and oxygen atoms in total. The van der Waals surface area contributed by atoms with Crippen molar-refractivity contribution in [2.24, 2.45) is 0 Å². The van der Waals surface area contributed by atoms with Gasteiger partial charge >= 0.3 is 0 Å². The highest BCUT2D eigenvalue weighted by Gasteiger charge is 2.17. The van der Waals surface area contributed by atoms with E-state index < -0.39 is 10.0 Å². The van der Waals surface area contributed by atoms with E-state index in [9.17, 15) is 13.2 Å². The van der Waals surface area contributed by atoms with Crippen LogP contribution in [0.5, 0.6) is 0 Å². The first-order chi connectivity index (χ1) is 9.27. The molecule has 0 aliphatic heterocycles. The number of carbonyl (C=O) groups excluding carboxylic acids is 1. The second-order valence-corrected chi connectivity index (χ2v) is 6.74. The molecule has 1 aromatic carbocycles. The van der Waals surface area contributed by atoms with Gasteiger partial charge in [-0.15, -0.1) is 0 Å². The monoisotopic (exact) mass is 298 g/mol. The second-order valence-electron chi connectivity index (χ2n) is 4.97. The van der Waals surface area contributed by atoms with Gasteiger partial charge in [0, 0.05) is 24.6 Å². The molecule has 0 amide bonds. The van der Waals surface area contributed by atoms with E-state index in [4.69, 9.17) is 0 Å². The van der Waals surface area contributed by atoms with Crippen LogP contribution in [0, 0.1) is 0 Å². The molecule has 20 heavy (non-hydrogen) atoms. The predicted molar refractivity (Wildman–Crippen MR) is 79.4 cm³/mol. The van der Waals surface area contributed by atoms with E-state index in [1.807, 2.05) is 25.9 Å². The number of Topliss-reactive ketones (excluding diaryl/α,β-unsaturated/α-hetero) is 1. The minimum atomic E-state index is -3.58. The summed E-state index contributed by atoms with van der Waals surface area (Å²) in [6.07, 6.45) is 0.356. The first-order valence-electron chi connectivity index (χ1n) is 6.57. The lowest BCUT2D eigenvalue weighted by atomic mass is 10.1. The van der Waals surface area contributed by atoms with Crippen LogP contribution in [0.4, 0.5) is 0 Å². The van der Waals surface area contributed by atoms with E-state index in [1.165, 1.54) is 12.1 Å². The van der Waals surface area contributed by atoms with Gasteiger partial charge in [0.2, 0.25) is 10.0 Å². The van der Waals surface area contributed by atoms with Gasteiger partial charge in [0.05, 0.1) is 4.90 Å². The summed E-state index contributed by atoms with van der Waals surface area (Å²) in [7, 11) is 0.195. The fourth-order valence-electron chi connectivity index (χ4n) is 1.54. The van der Waals surface area contributed by atoms with Gasteiger partial charge in [-0.1, -0.05) is 19.1 Å². The average Bonchev–Trinajstić information content (AvgIpc) is 2.43. The maximum absolute atomic E-state index is 12.2. The Morgan fingerprint density at radius 3 is 2.55 bits per heavy atom. The smallest absolute Gasteiger partial charge is 0.240 e. The number of benzene rings is 1. The van der Waals surface area contributed by atoms with Crippen molar-refractivity contribution in [2.75, 3.05) is 20.6 Å². The molecule has 0 heterocycles. The van der Waals surface area contributed by atoms with Crippen LogP contribution < -0.4 is 4.72 Å². The van der Waals surface area contributed by atoms with E-state index >= 15 is 0 Å². The molecule has 1 aromatic rings. The van der Waals surface area contributed by atoms with Gasteiger partial charge in [-0.2, -0.15) is 0 Å². The Balaban J connectivity index is 2.90. The van der Waals surface area contributed by atoms with Gasteiger partial charge < -0.3 is 4.90 Å². The maximum Gasteiger partial charge on any atom is 0.240 e. The largest absolute Gasteiger partial charge is 0.305 e. The number of carbonyl (C=O) groups is 1. The molecule has 0 saturated heterocycles. The number of hydrogen-bond acceptors (Lipinski definition) is 4. The number of nitrogens with one attached hydrogen (secondary N) is 1. The van der Waals surface area contributed by atoms with Crippen molar-refractivity contribution < 1.29 is 13.2 Å². The Kier molecular flexibility index (Phi) is 5.86. The van der Waals surface area contributed by atoms with Crippen molar-refractivity contribution in [1.29, 1.82) is 0 Å². The summed E-state index contributed by atoms with van der Waals surface area (Å²) in [5, 5.41) is 0. The van der Waals surface area contributed by atoms with Crippen LogP contribution in [0.25, 0.3) is 0 Å². The molecule has 0 saturated carbocycles. The predicted octanol–water partition coefficient (Wildman–Crippen LogP) is 1.51. The van der Waals surface area contributed by atoms with E-state index in [1.54, 1.807) is 19.1 Å². The fourth-order valence-corrected chi connectivity index (χ4v) is 2.70. The van der Waals surface area contributed by atoms with Gasteiger partial charge in [0.1, 0.15) is 0 Å². The maximum atomic E-state index is 12.2. The number of sulfonamides is 1. The summed E-state index contributed by atoms with van der Waals surface area (Å²) in [5.41, 5.74) is 0.427. The molecule has 0 aliphatic carbocycles. The van der Waals surface area contributed by atoms with Crippen molar-refractivity contribution in [3.05, 3.63) is 29.8 Å². The lowest BCUT2D eigenvalue weighted by Gasteiger charge is -2.20. The normalized spacial score (nSPS) is 13.4. The number of rotatable bonds is 7. The Hall–Kier alpha value is -1.24. The highest BCUT2D eigenvalue weighted by Crippen LogP contribution is 2.13. The van der Waals surface area contributed by atoms with E-state index in [2.05, 4.69) is 4.72 Å². The van der Waals surface area contributed by atoms with Crippen LogP contribution >= 0.6 is 0 Å². The summed E-state index contributed by atoms with van der Waals surface area (Å²) in [6.45, 7) is 4.00. The first kappa shape index (κ1) is 16.8. The molecule has 6 heteroatoms. The molecule has 1 N–H and O–H groups in total. The zero-order chi connectivity index (χ0) is 15.3. The van der Waals surface area contributed by atoms with Gasteiger partial charge in [0.25, 0.3) is 0 Å². The zero-order valence-corrected chi connectivity index (χ0v) is 13.2. The van der Waals surface area contributed by atoms with Crippen molar-refractivity contribution in [2.45, 2.75) is 31.2 Å². The minimum absolute atomic E-state index is 0.0660. The van der Waals surface area contributed by atoms with Crippen LogP contribution in [-0.2, 0) is 10.0 Å². The van der Waals surface area contributed by atoms with Crippen molar-refractivity contribution >= 4 is 15.8 Å². The van der Waals surface area contributed by atoms with E-state index in [0.717, 1.165) is 0 Å². The summed E-state index contributed by atoms with van der Waals surface area (Å²) in [4.78, 5) is 13.7. The second kappa shape index (κ2) is 6.97. The number of ketones is 1. The molecule has 1 rings (SSSR count). The van der Waals surface area contributed by atoms with E-state index in [-0.39, 0.29) is 16.7 Å². The molecular formula is C14H22N2O3S. The van der Waals surface area contributed by atoms with Gasteiger partial charge in [0.15, 0.2) is 5.78 Å². The Labute approximate surface area is 121 Å². The Morgan fingerprint density at radius 2 is 2.00 bits per heavy atom. The zero-order valence-electron chi connectivity index (χ0n) is 12.4. The van der Waals surface area contributed by atoms with Crippen molar-refractivity contribution in [3.63, 3.8) is 0 Å². The molecule has 0 radical (unpaired) electrons. The third-order valence-electron chi connectivity index (χ3n) is 3.24. The summed E-state index contributed by atoms with van der Waals surface area (Å²) < 4.78 is 26.9. The highest BCUT2D eigenvalue weighted by atomic mass is 32.2. The minimum Gasteiger partial charge on any atom is -0.305 e. The van der Waals surface area contributed by atoms with Crippen molar-refractivity contribution in [3.8, 4) is 0 Å². The summed E-state index contributed by atoms with van der Waals surface area (Å²) in [5.74, 6) is -0.0660. The number of hydrogen-bond donors (Lipinski definition) is 1. The molecule has 1 unspecified atom stereocenters. The number of nitrogens with zero attached hydrogens (tertiary/aromatic N) is 1. The van der Waals surface area contributed by atoms with E-state index in [0.29, 0.717) is 18.5 Å². The topological polar surface area (TPSA) is 66.5 Å². The molecule has 0 bridgehead atoms. The highest BCUT2D eigenvalue weighted by molar-refractivity contribution is 7.89. The third kappa shape index (κ3) is 4.40. The summed E-state index contributed by atoms with van der Waals surface area (Å²) in [6, 6.07) is 6.23. The molecular weight excluding hydrogens is 276 g/mol. The third-order valence-corrected chi connectivity index (χ3v) is 4.66. The van der Waals surface area contributed by atoms with Crippen LogP contribution in [0.2, 0.25) is 0 Å². The van der Waals surface area contributed by atoms with Crippen LogP contribution in [0.3, 0.4) is 0 Å². The molecule has 112 valence electrons. The van der Waals surface area contributed by atoms with Crippen LogP contribution in [0.1, 0.15) is 30.6 Å². The molecule has 1 atom stereocenters. The molecule has 0 spiro atoms. The van der Waals surface area contributed by atoms with Gasteiger partial charge in [-0.05, 0) is 33.2 Å². The average molecular weight is 298 g/mol.